The largest absolute Gasteiger partial charge is 0.494 e. The third-order valence-electron chi connectivity index (χ3n) is 5.82. The van der Waals surface area contributed by atoms with Crippen LogP contribution in [-0.2, 0) is 11.3 Å². The molecule has 1 fully saturated rings. The average molecular weight is 467 g/mol. The summed E-state index contributed by atoms with van der Waals surface area (Å²) in [6, 6.07) is 12.4. The zero-order chi connectivity index (χ0) is 22.9. The zero-order valence-electron chi connectivity index (χ0n) is 18.9. The first kappa shape index (κ1) is 23.0. The summed E-state index contributed by atoms with van der Waals surface area (Å²) in [7, 11) is 0. The van der Waals surface area contributed by atoms with Crippen molar-refractivity contribution < 1.29 is 14.3 Å². The van der Waals surface area contributed by atoms with Gasteiger partial charge in [0.25, 0.3) is 0 Å². The van der Waals surface area contributed by atoms with Crippen molar-refractivity contribution in [1.29, 1.82) is 0 Å². The molecule has 174 valence electrons. The first-order chi connectivity index (χ1) is 16.2. The molecule has 0 radical (unpaired) electrons. The average Bonchev–Trinajstić information content (AvgIpc) is 3.38. The number of carbonyl (C=O) groups excluding carboxylic acids is 1. The Hall–Kier alpha value is -3.13. The van der Waals surface area contributed by atoms with Gasteiger partial charge < -0.3 is 19.7 Å². The second-order valence-corrected chi connectivity index (χ2v) is 8.99. The van der Waals surface area contributed by atoms with Crippen LogP contribution in [0.4, 0.5) is 10.6 Å². The topological polar surface area (TPSA) is 76.6 Å². The van der Waals surface area contributed by atoms with Crippen molar-refractivity contribution in [2.45, 2.75) is 32.8 Å². The molecular weight excluding hydrogens is 436 g/mol. The van der Waals surface area contributed by atoms with Gasteiger partial charge >= 0.3 is 6.09 Å². The van der Waals surface area contributed by atoms with Crippen LogP contribution in [0.5, 0.6) is 5.75 Å². The maximum Gasteiger partial charge on any atom is 0.407 e. The molecule has 3 heterocycles. The van der Waals surface area contributed by atoms with E-state index in [9.17, 15) is 4.79 Å². The van der Waals surface area contributed by atoms with E-state index in [2.05, 4.69) is 39.5 Å². The maximum absolute atomic E-state index is 11.8. The molecule has 0 saturated carbocycles. The third-order valence-corrected chi connectivity index (χ3v) is 6.57. The van der Waals surface area contributed by atoms with Crippen LogP contribution in [0, 0.1) is 5.92 Å². The maximum atomic E-state index is 11.8. The van der Waals surface area contributed by atoms with Crippen molar-refractivity contribution in [1.82, 2.24) is 15.3 Å². The number of anilines is 1. The molecule has 0 unspecified atom stereocenters. The molecule has 33 heavy (non-hydrogen) atoms. The highest BCUT2D eigenvalue weighted by atomic mass is 32.1. The number of aromatic nitrogens is 2. The van der Waals surface area contributed by atoms with Gasteiger partial charge in [0, 0.05) is 43.0 Å². The Morgan fingerprint density at radius 1 is 1.12 bits per heavy atom. The number of nitrogens with zero attached hydrogens (tertiary/aromatic N) is 3. The lowest BCUT2D eigenvalue weighted by Gasteiger charge is -2.33. The summed E-state index contributed by atoms with van der Waals surface area (Å²) in [5.41, 5.74) is 2.23. The van der Waals surface area contributed by atoms with Gasteiger partial charge in [0.15, 0.2) is 0 Å². The van der Waals surface area contributed by atoms with Gasteiger partial charge in [-0.05, 0) is 61.9 Å². The summed E-state index contributed by atoms with van der Waals surface area (Å²) in [5.74, 6) is 2.51. The predicted molar refractivity (Wildman–Crippen MR) is 131 cm³/mol. The van der Waals surface area contributed by atoms with Crippen LogP contribution < -0.4 is 15.0 Å². The molecular formula is C25H30N4O3S. The molecule has 0 spiro atoms. The zero-order valence-corrected chi connectivity index (χ0v) is 19.7. The van der Waals surface area contributed by atoms with Crippen LogP contribution in [0.15, 0.2) is 54.2 Å². The molecule has 3 aromatic rings. The van der Waals surface area contributed by atoms with E-state index in [1.165, 1.54) is 11.3 Å². The van der Waals surface area contributed by atoms with Gasteiger partial charge in [-0.1, -0.05) is 12.1 Å². The van der Waals surface area contributed by atoms with E-state index in [0.29, 0.717) is 19.1 Å². The van der Waals surface area contributed by atoms with Crippen molar-refractivity contribution in [2.75, 3.05) is 31.1 Å². The SMILES string of the molecule is CCOc1ccc(-c2ccc(N3CCC(CCNC(=O)OCc4nccs4)CC3)nc2)cc1. The monoisotopic (exact) mass is 466 g/mol. The van der Waals surface area contributed by atoms with Gasteiger partial charge in [-0.15, -0.1) is 11.3 Å². The van der Waals surface area contributed by atoms with Gasteiger partial charge in [0.2, 0.25) is 0 Å². The number of amides is 1. The number of rotatable bonds is 9. The Morgan fingerprint density at radius 3 is 2.58 bits per heavy atom. The lowest BCUT2D eigenvalue weighted by Crippen LogP contribution is -2.35. The van der Waals surface area contributed by atoms with E-state index in [0.717, 1.165) is 60.1 Å². The number of hydrogen-bond donors (Lipinski definition) is 1. The summed E-state index contributed by atoms with van der Waals surface area (Å²) < 4.78 is 10.7. The lowest BCUT2D eigenvalue weighted by molar-refractivity contribution is 0.138. The van der Waals surface area contributed by atoms with Crippen LogP contribution in [-0.4, -0.2) is 42.3 Å². The Kier molecular flexibility index (Phi) is 8.14. The molecule has 0 bridgehead atoms. The van der Waals surface area contributed by atoms with E-state index in [4.69, 9.17) is 14.5 Å². The summed E-state index contributed by atoms with van der Waals surface area (Å²) in [6.45, 7) is 5.48. The van der Waals surface area contributed by atoms with Crippen molar-refractivity contribution in [3.63, 3.8) is 0 Å². The number of nitrogens with one attached hydrogen (secondary N) is 1. The standard InChI is InChI=1S/C25H30N4O3S/c1-2-31-22-6-3-20(4-7-22)21-5-8-23(28-17-21)29-14-10-19(11-15-29)9-12-27-25(30)32-18-24-26-13-16-33-24/h3-8,13,16-17,19H,2,9-12,14-15,18H2,1H3,(H,27,30). The van der Waals surface area contributed by atoms with Crippen molar-refractivity contribution in [3.8, 4) is 16.9 Å². The van der Waals surface area contributed by atoms with E-state index in [1.807, 2.05) is 30.6 Å². The number of pyridine rings is 1. The summed E-state index contributed by atoms with van der Waals surface area (Å²) in [6.07, 6.45) is 6.43. The molecule has 4 rings (SSSR count). The Balaban J connectivity index is 1.17. The highest BCUT2D eigenvalue weighted by Crippen LogP contribution is 2.27. The van der Waals surface area contributed by atoms with Crippen LogP contribution in [0.25, 0.3) is 11.1 Å². The minimum Gasteiger partial charge on any atom is -0.494 e. The fourth-order valence-corrected chi connectivity index (χ4v) is 4.51. The van der Waals surface area contributed by atoms with Gasteiger partial charge in [0.1, 0.15) is 23.2 Å². The van der Waals surface area contributed by atoms with Gasteiger partial charge in [-0.25, -0.2) is 14.8 Å². The second kappa shape index (κ2) is 11.7. The number of benzene rings is 1. The highest BCUT2D eigenvalue weighted by molar-refractivity contribution is 7.09. The Bertz CT molecular complexity index is 986. The van der Waals surface area contributed by atoms with Crippen LogP contribution in [0.1, 0.15) is 31.2 Å². The first-order valence-electron chi connectivity index (χ1n) is 11.4. The number of piperidine rings is 1. The summed E-state index contributed by atoms with van der Waals surface area (Å²) >= 11 is 1.48. The minimum atomic E-state index is -0.376. The number of carbonyl (C=O) groups is 1. The first-order valence-corrected chi connectivity index (χ1v) is 12.3. The number of hydrogen-bond acceptors (Lipinski definition) is 7. The molecule has 0 atom stereocenters. The second-order valence-electron chi connectivity index (χ2n) is 8.01. The molecule has 1 aliphatic rings. The van der Waals surface area contributed by atoms with Gasteiger partial charge in [0.05, 0.1) is 6.61 Å². The normalized spacial score (nSPS) is 14.2. The van der Waals surface area contributed by atoms with Crippen molar-refractivity contribution in [3.05, 3.63) is 59.2 Å². The fraction of sp³-hybridized carbons (Fsp3) is 0.400. The number of thiazole rings is 1. The van der Waals surface area contributed by atoms with Crippen LogP contribution in [0.2, 0.25) is 0 Å². The summed E-state index contributed by atoms with van der Waals surface area (Å²) in [4.78, 5) is 23.0. The molecule has 1 aliphatic heterocycles. The van der Waals surface area contributed by atoms with E-state index in [-0.39, 0.29) is 12.7 Å². The minimum absolute atomic E-state index is 0.228. The van der Waals surface area contributed by atoms with Gasteiger partial charge in [-0.3, -0.25) is 0 Å². The fourth-order valence-electron chi connectivity index (χ4n) is 3.99. The van der Waals surface area contributed by atoms with Crippen molar-refractivity contribution >= 4 is 23.2 Å². The van der Waals surface area contributed by atoms with Gasteiger partial charge in [-0.2, -0.15) is 0 Å². The number of alkyl carbamates (subject to hydrolysis) is 1. The third kappa shape index (κ3) is 6.68. The smallest absolute Gasteiger partial charge is 0.407 e. The van der Waals surface area contributed by atoms with Crippen LogP contribution >= 0.6 is 11.3 Å². The van der Waals surface area contributed by atoms with Crippen LogP contribution in [0.3, 0.4) is 0 Å². The molecule has 8 heteroatoms. The molecule has 1 saturated heterocycles. The summed E-state index contributed by atoms with van der Waals surface area (Å²) in [5, 5.41) is 5.52. The predicted octanol–water partition coefficient (Wildman–Crippen LogP) is 5.14. The Labute approximate surface area is 198 Å². The van der Waals surface area contributed by atoms with Crippen molar-refractivity contribution in [2.24, 2.45) is 5.92 Å². The Morgan fingerprint density at radius 2 is 1.91 bits per heavy atom. The van der Waals surface area contributed by atoms with E-state index >= 15 is 0 Å². The molecule has 2 aromatic heterocycles. The molecule has 1 aromatic carbocycles. The quantitative estimate of drug-likeness (QED) is 0.471. The molecule has 1 N–H and O–H groups in total. The lowest BCUT2D eigenvalue weighted by atomic mass is 9.93. The molecule has 7 nitrogen and oxygen atoms in total. The molecule has 0 aliphatic carbocycles. The molecule has 1 amide bonds. The van der Waals surface area contributed by atoms with E-state index in [1.54, 1.807) is 6.20 Å². The van der Waals surface area contributed by atoms with E-state index < -0.39 is 0 Å². The highest BCUT2D eigenvalue weighted by Gasteiger charge is 2.20. The number of ether oxygens (including phenoxy) is 2.